The molecule has 35 heavy (non-hydrogen) atoms. The van der Waals surface area contributed by atoms with E-state index in [1.807, 2.05) is 0 Å². The van der Waals surface area contributed by atoms with E-state index in [4.69, 9.17) is 10.2 Å². The van der Waals surface area contributed by atoms with E-state index in [2.05, 4.69) is 123 Å². The van der Waals surface area contributed by atoms with Crippen LogP contribution in [0.2, 0.25) is 0 Å². The van der Waals surface area contributed by atoms with Crippen molar-refractivity contribution in [2.75, 3.05) is 0 Å². The molecule has 0 atom stereocenters. The second-order valence-electron chi connectivity index (χ2n) is 13.2. The Morgan fingerprint density at radius 2 is 1.51 bits per heavy atom. The van der Waals surface area contributed by atoms with Crippen molar-refractivity contribution < 1.29 is 0 Å². The number of rotatable bonds is 7. The van der Waals surface area contributed by atoms with Crippen LogP contribution in [0.4, 0.5) is 0 Å². The number of nitrogens with zero attached hydrogens (tertiary/aromatic N) is 3. The lowest BCUT2D eigenvalue weighted by atomic mass is 9.79. The van der Waals surface area contributed by atoms with Gasteiger partial charge in [0.1, 0.15) is 5.82 Å². The van der Waals surface area contributed by atoms with Gasteiger partial charge in [0.2, 0.25) is 0 Å². The molecule has 0 saturated heterocycles. The number of hydrogen-bond acceptors (Lipinski definition) is 2. The molecule has 0 saturated carbocycles. The van der Waals surface area contributed by atoms with E-state index in [0.717, 1.165) is 23.6 Å². The van der Waals surface area contributed by atoms with Gasteiger partial charge < -0.3 is 0 Å². The van der Waals surface area contributed by atoms with E-state index in [9.17, 15) is 0 Å². The maximum atomic E-state index is 4.88. The molecule has 3 heteroatoms. The van der Waals surface area contributed by atoms with Gasteiger partial charge >= 0.3 is 0 Å². The van der Waals surface area contributed by atoms with Crippen LogP contribution >= 0.6 is 0 Å². The summed E-state index contributed by atoms with van der Waals surface area (Å²) in [6.45, 7) is 25.2. The first-order chi connectivity index (χ1) is 16.2. The van der Waals surface area contributed by atoms with E-state index < -0.39 is 0 Å². The first kappa shape index (κ1) is 27.2. The van der Waals surface area contributed by atoms with Crippen molar-refractivity contribution in [1.29, 1.82) is 0 Å². The first-order valence-electron chi connectivity index (χ1n) is 13.4. The van der Waals surface area contributed by atoms with Crippen molar-refractivity contribution in [1.82, 2.24) is 14.8 Å². The highest BCUT2D eigenvalue weighted by atomic mass is 15.3. The van der Waals surface area contributed by atoms with E-state index in [1.54, 1.807) is 0 Å². The van der Waals surface area contributed by atoms with Gasteiger partial charge in [-0.15, -0.1) is 10.2 Å². The minimum absolute atomic E-state index is 0.0251. The van der Waals surface area contributed by atoms with E-state index in [1.165, 1.54) is 35.2 Å². The summed E-state index contributed by atoms with van der Waals surface area (Å²) < 4.78 is 2.36. The summed E-state index contributed by atoms with van der Waals surface area (Å²) >= 11 is 0. The summed E-state index contributed by atoms with van der Waals surface area (Å²) in [4.78, 5) is 0. The molecule has 0 spiro atoms. The Bertz CT molecular complexity index is 1150. The predicted octanol–water partition coefficient (Wildman–Crippen LogP) is 9.12. The van der Waals surface area contributed by atoms with E-state index in [0.29, 0.717) is 5.92 Å². The van der Waals surface area contributed by atoms with Crippen molar-refractivity contribution in [2.24, 2.45) is 0 Å². The van der Waals surface area contributed by atoms with Crippen LogP contribution in [0.25, 0.3) is 17.1 Å². The molecule has 0 amide bonds. The quantitative estimate of drug-likeness (QED) is 0.342. The molecule has 0 aliphatic rings. The van der Waals surface area contributed by atoms with Crippen LogP contribution in [0.15, 0.2) is 42.5 Å². The molecular formula is C32H47N3. The van der Waals surface area contributed by atoms with Gasteiger partial charge in [-0.05, 0) is 52.0 Å². The highest BCUT2D eigenvalue weighted by Crippen LogP contribution is 2.39. The zero-order chi connectivity index (χ0) is 26.2. The Morgan fingerprint density at radius 1 is 0.829 bits per heavy atom. The van der Waals surface area contributed by atoms with Gasteiger partial charge in [-0.3, -0.25) is 4.57 Å². The second kappa shape index (κ2) is 9.91. The summed E-state index contributed by atoms with van der Waals surface area (Å²) in [5.41, 5.74) is 6.30. The normalized spacial score (nSPS) is 13.0. The lowest BCUT2D eigenvalue weighted by Gasteiger charge is -2.31. The number of hydrogen-bond donors (Lipinski definition) is 0. The zero-order valence-corrected chi connectivity index (χ0v) is 24.1. The average Bonchev–Trinajstić information content (AvgIpc) is 3.22. The fourth-order valence-electron chi connectivity index (χ4n) is 4.70. The fourth-order valence-corrected chi connectivity index (χ4v) is 4.70. The van der Waals surface area contributed by atoms with Crippen molar-refractivity contribution in [2.45, 2.75) is 118 Å². The molecule has 0 aliphatic heterocycles. The smallest absolute Gasteiger partial charge is 0.168 e. The molecular weight excluding hydrogens is 426 g/mol. The highest BCUT2D eigenvalue weighted by molar-refractivity contribution is 5.62. The van der Waals surface area contributed by atoms with Crippen LogP contribution in [-0.2, 0) is 16.2 Å². The molecule has 0 fully saturated rings. The van der Waals surface area contributed by atoms with Gasteiger partial charge in [0.05, 0.1) is 5.69 Å². The molecule has 0 bridgehead atoms. The molecule has 0 N–H and O–H groups in total. The molecule has 3 nitrogen and oxygen atoms in total. The second-order valence-corrected chi connectivity index (χ2v) is 13.2. The minimum atomic E-state index is -0.0885. The van der Waals surface area contributed by atoms with Gasteiger partial charge in [-0.25, -0.2) is 0 Å². The van der Waals surface area contributed by atoms with Crippen LogP contribution < -0.4 is 0 Å². The van der Waals surface area contributed by atoms with Gasteiger partial charge in [-0.2, -0.15) is 0 Å². The maximum Gasteiger partial charge on any atom is 0.168 e. The predicted molar refractivity (Wildman–Crippen MR) is 151 cm³/mol. The summed E-state index contributed by atoms with van der Waals surface area (Å²) in [5, 5.41) is 9.72. The molecule has 1 heterocycles. The van der Waals surface area contributed by atoms with E-state index >= 15 is 0 Å². The third-order valence-corrected chi connectivity index (χ3v) is 7.15. The third-order valence-electron chi connectivity index (χ3n) is 7.15. The maximum absolute atomic E-state index is 4.88. The van der Waals surface area contributed by atoms with Crippen LogP contribution in [0.1, 0.15) is 124 Å². The minimum Gasteiger partial charge on any atom is -0.278 e. The number of aromatic nitrogens is 3. The standard InChI is InChI=1S/C32H47N3/c1-12-13-19-32(10,11)29-34-33-28(24-16-14-15-23(20-24)22(2)3)35(29)27-18-17-25(30(4,5)6)21-26(27)31(7,8)9/h14-18,20-22H,12-13,19H2,1-11H3. The van der Waals surface area contributed by atoms with Gasteiger partial charge in [0, 0.05) is 11.0 Å². The Labute approximate surface area is 214 Å². The van der Waals surface area contributed by atoms with E-state index in [-0.39, 0.29) is 16.2 Å². The fraction of sp³-hybridized carbons (Fsp3) is 0.562. The van der Waals surface area contributed by atoms with Gasteiger partial charge in [0.15, 0.2) is 5.82 Å². The lowest BCUT2D eigenvalue weighted by molar-refractivity contribution is 0.424. The first-order valence-corrected chi connectivity index (χ1v) is 13.4. The van der Waals surface area contributed by atoms with Crippen LogP contribution in [-0.4, -0.2) is 14.8 Å². The highest BCUT2D eigenvalue weighted by Gasteiger charge is 2.32. The van der Waals surface area contributed by atoms with Gasteiger partial charge in [-0.1, -0.05) is 119 Å². The summed E-state index contributed by atoms with van der Waals surface area (Å²) in [6, 6.07) is 15.8. The molecule has 1 aromatic heterocycles. The monoisotopic (exact) mass is 473 g/mol. The van der Waals surface area contributed by atoms with Crippen molar-refractivity contribution in [3.05, 3.63) is 65.0 Å². The number of benzene rings is 2. The Balaban J connectivity index is 2.37. The molecule has 3 rings (SSSR count). The molecule has 2 aromatic carbocycles. The van der Waals surface area contributed by atoms with Gasteiger partial charge in [0.25, 0.3) is 0 Å². The largest absolute Gasteiger partial charge is 0.278 e. The summed E-state index contributed by atoms with van der Waals surface area (Å²) in [7, 11) is 0. The Morgan fingerprint density at radius 3 is 2.09 bits per heavy atom. The van der Waals surface area contributed by atoms with Crippen LogP contribution in [0.3, 0.4) is 0 Å². The summed E-state index contributed by atoms with van der Waals surface area (Å²) in [5.74, 6) is 2.44. The molecule has 0 unspecified atom stereocenters. The molecule has 190 valence electrons. The Hall–Kier alpha value is -2.42. The number of unbranched alkanes of at least 4 members (excludes halogenated alkanes) is 1. The summed E-state index contributed by atoms with van der Waals surface area (Å²) in [6.07, 6.45) is 3.43. The van der Waals surface area contributed by atoms with Crippen molar-refractivity contribution >= 4 is 0 Å². The average molecular weight is 474 g/mol. The molecule has 0 aliphatic carbocycles. The van der Waals surface area contributed by atoms with Crippen LogP contribution in [0, 0.1) is 0 Å². The van der Waals surface area contributed by atoms with Crippen molar-refractivity contribution in [3.8, 4) is 17.1 Å². The molecule has 3 aromatic rings. The van der Waals surface area contributed by atoms with Crippen LogP contribution in [0.5, 0.6) is 0 Å². The SMILES string of the molecule is CCCCC(C)(C)c1nnc(-c2cccc(C(C)C)c2)n1-c1ccc(C(C)(C)C)cc1C(C)(C)C. The lowest BCUT2D eigenvalue weighted by Crippen LogP contribution is -2.25. The Kier molecular flexibility index (Phi) is 7.70. The third kappa shape index (κ3) is 5.88. The topological polar surface area (TPSA) is 30.7 Å². The zero-order valence-electron chi connectivity index (χ0n) is 24.1. The van der Waals surface area contributed by atoms with Crippen molar-refractivity contribution in [3.63, 3.8) is 0 Å². The molecule has 0 radical (unpaired) electrons.